The molecule has 0 saturated heterocycles. The van der Waals surface area contributed by atoms with Gasteiger partial charge in [-0.15, -0.1) is 0 Å². The molecule has 0 aromatic carbocycles. The van der Waals surface area contributed by atoms with Gasteiger partial charge in [-0.05, 0) is 31.1 Å². The molecular formula is C19H34O4. The number of hydrogen-bond acceptors (Lipinski definition) is 4. The predicted octanol–water partition coefficient (Wildman–Crippen LogP) is 4.82. The Kier molecular flexibility index (Phi) is 10.6. The SMILES string of the molecule is CCCCOC(=O)C(CC)=C(CC(C)(C)C)C(=O)OCCCC. The van der Waals surface area contributed by atoms with Gasteiger partial charge in [0.05, 0.1) is 13.2 Å². The molecule has 0 aromatic rings. The van der Waals surface area contributed by atoms with Crippen molar-refractivity contribution in [3.05, 3.63) is 11.1 Å². The van der Waals surface area contributed by atoms with Crippen LogP contribution in [0.2, 0.25) is 0 Å². The van der Waals surface area contributed by atoms with Gasteiger partial charge in [0.25, 0.3) is 0 Å². The van der Waals surface area contributed by atoms with Crippen LogP contribution in [-0.4, -0.2) is 25.2 Å². The zero-order valence-corrected chi connectivity index (χ0v) is 15.8. The summed E-state index contributed by atoms with van der Waals surface area (Å²) in [6.45, 7) is 12.9. The lowest BCUT2D eigenvalue weighted by Crippen LogP contribution is -2.21. The summed E-state index contributed by atoms with van der Waals surface area (Å²) in [5.74, 6) is -0.759. The Bertz CT molecular complexity index is 402. The first kappa shape index (κ1) is 21.7. The smallest absolute Gasteiger partial charge is 0.334 e. The number of ether oxygens (including phenoxy) is 2. The highest BCUT2D eigenvalue weighted by Gasteiger charge is 2.26. The Labute approximate surface area is 141 Å². The number of hydrogen-bond donors (Lipinski definition) is 0. The lowest BCUT2D eigenvalue weighted by molar-refractivity contribution is -0.142. The molecule has 0 aliphatic heterocycles. The molecule has 0 bridgehead atoms. The van der Waals surface area contributed by atoms with E-state index in [1.807, 2.05) is 41.5 Å². The van der Waals surface area contributed by atoms with Gasteiger partial charge in [-0.25, -0.2) is 9.59 Å². The second-order valence-corrected chi connectivity index (χ2v) is 7.03. The number of carbonyl (C=O) groups excluding carboxylic acids is 2. The maximum absolute atomic E-state index is 12.4. The van der Waals surface area contributed by atoms with Crippen molar-refractivity contribution in [1.82, 2.24) is 0 Å². The summed E-state index contributed by atoms with van der Waals surface area (Å²) in [7, 11) is 0. The molecule has 0 aromatic heterocycles. The lowest BCUT2D eigenvalue weighted by Gasteiger charge is -2.22. The molecule has 0 rings (SSSR count). The fourth-order valence-electron chi connectivity index (χ4n) is 2.11. The molecule has 4 heteroatoms. The second kappa shape index (κ2) is 11.3. The van der Waals surface area contributed by atoms with Crippen molar-refractivity contribution in [3.8, 4) is 0 Å². The van der Waals surface area contributed by atoms with Crippen molar-refractivity contribution in [2.75, 3.05) is 13.2 Å². The van der Waals surface area contributed by atoms with Gasteiger partial charge in [-0.1, -0.05) is 54.4 Å². The summed E-state index contributed by atoms with van der Waals surface area (Å²) in [5.41, 5.74) is 0.818. The van der Waals surface area contributed by atoms with E-state index in [0.29, 0.717) is 37.2 Å². The second-order valence-electron chi connectivity index (χ2n) is 7.03. The zero-order valence-electron chi connectivity index (χ0n) is 15.8. The van der Waals surface area contributed by atoms with E-state index in [0.717, 1.165) is 25.7 Å². The third-order valence-electron chi connectivity index (χ3n) is 3.38. The van der Waals surface area contributed by atoms with Gasteiger partial charge in [0.15, 0.2) is 0 Å². The van der Waals surface area contributed by atoms with Crippen molar-refractivity contribution in [3.63, 3.8) is 0 Å². The maximum Gasteiger partial charge on any atom is 0.334 e. The molecule has 0 amide bonds. The van der Waals surface area contributed by atoms with Gasteiger partial charge in [0.1, 0.15) is 0 Å². The Morgan fingerprint density at radius 1 is 0.783 bits per heavy atom. The van der Waals surface area contributed by atoms with E-state index in [4.69, 9.17) is 9.47 Å². The van der Waals surface area contributed by atoms with Gasteiger partial charge >= 0.3 is 11.9 Å². The van der Waals surface area contributed by atoms with Crippen LogP contribution < -0.4 is 0 Å². The van der Waals surface area contributed by atoms with Crippen molar-refractivity contribution < 1.29 is 19.1 Å². The van der Waals surface area contributed by atoms with Crippen molar-refractivity contribution in [2.24, 2.45) is 5.41 Å². The normalized spacial score (nSPS) is 12.6. The third-order valence-corrected chi connectivity index (χ3v) is 3.38. The summed E-state index contributed by atoms with van der Waals surface area (Å²) in [5, 5.41) is 0. The van der Waals surface area contributed by atoms with Crippen LogP contribution in [0.5, 0.6) is 0 Å². The van der Waals surface area contributed by atoms with Crippen LogP contribution in [0, 0.1) is 5.41 Å². The minimum absolute atomic E-state index is 0.108. The van der Waals surface area contributed by atoms with Crippen LogP contribution in [0.3, 0.4) is 0 Å². The standard InChI is InChI=1S/C19H34O4/c1-7-10-12-22-17(20)15(9-3)16(14-19(4,5)6)18(21)23-13-11-8-2/h7-14H2,1-6H3. The summed E-state index contributed by atoms with van der Waals surface area (Å²) in [4.78, 5) is 24.8. The lowest BCUT2D eigenvalue weighted by atomic mass is 9.85. The Morgan fingerprint density at radius 3 is 1.57 bits per heavy atom. The molecule has 0 unspecified atom stereocenters. The first-order valence-corrected chi connectivity index (χ1v) is 8.83. The van der Waals surface area contributed by atoms with E-state index in [9.17, 15) is 9.59 Å². The zero-order chi connectivity index (χ0) is 17.9. The maximum atomic E-state index is 12.4. The van der Waals surface area contributed by atoms with Crippen LogP contribution in [-0.2, 0) is 19.1 Å². The highest BCUT2D eigenvalue weighted by atomic mass is 16.5. The van der Waals surface area contributed by atoms with E-state index >= 15 is 0 Å². The molecule has 0 spiro atoms. The Morgan fingerprint density at radius 2 is 1.22 bits per heavy atom. The third kappa shape index (κ3) is 9.42. The van der Waals surface area contributed by atoms with Gasteiger partial charge in [-0.2, -0.15) is 0 Å². The topological polar surface area (TPSA) is 52.6 Å². The van der Waals surface area contributed by atoms with Crippen LogP contribution in [0.15, 0.2) is 11.1 Å². The fourth-order valence-corrected chi connectivity index (χ4v) is 2.11. The van der Waals surface area contributed by atoms with Crippen LogP contribution in [0.1, 0.15) is 80.1 Å². The molecule has 0 atom stereocenters. The van der Waals surface area contributed by atoms with Crippen molar-refractivity contribution in [1.29, 1.82) is 0 Å². The first-order valence-electron chi connectivity index (χ1n) is 8.83. The van der Waals surface area contributed by atoms with Gasteiger partial charge < -0.3 is 9.47 Å². The van der Waals surface area contributed by atoms with E-state index in [2.05, 4.69) is 0 Å². The molecule has 0 heterocycles. The van der Waals surface area contributed by atoms with E-state index in [-0.39, 0.29) is 17.4 Å². The van der Waals surface area contributed by atoms with Crippen molar-refractivity contribution >= 4 is 11.9 Å². The minimum Gasteiger partial charge on any atom is -0.462 e. The summed E-state index contributed by atoms with van der Waals surface area (Å²) >= 11 is 0. The van der Waals surface area contributed by atoms with Crippen LogP contribution in [0.4, 0.5) is 0 Å². The molecule has 0 radical (unpaired) electrons. The van der Waals surface area contributed by atoms with E-state index < -0.39 is 0 Å². The number of carbonyl (C=O) groups is 2. The monoisotopic (exact) mass is 326 g/mol. The minimum atomic E-state index is -0.382. The quantitative estimate of drug-likeness (QED) is 0.328. The molecule has 0 aliphatic rings. The van der Waals surface area contributed by atoms with Crippen LogP contribution >= 0.6 is 0 Å². The Balaban J connectivity index is 5.28. The molecule has 0 aliphatic carbocycles. The molecule has 0 saturated carbocycles. The molecule has 4 nitrogen and oxygen atoms in total. The fraction of sp³-hybridized carbons (Fsp3) is 0.789. The number of unbranched alkanes of at least 4 members (excludes halogenated alkanes) is 2. The van der Waals surface area contributed by atoms with Gasteiger partial charge in [-0.3, -0.25) is 0 Å². The number of rotatable bonds is 10. The summed E-state index contributed by atoms with van der Waals surface area (Å²) in [6, 6.07) is 0. The summed E-state index contributed by atoms with van der Waals surface area (Å²) in [6.07, 6.45) is 4.57. The molecule has 23 heavy (non-hydrogen) atoms. The molecule has 0 fully saturated rings. The van der Waals surface area contributed by atoms with E-state index in [1.165, 1.54) is 0 Å². The average Bonchev–Trinajstić information content (AvgIpc) is 2.46. The van der Waals surface area contributed by atoms with Gasteiger partial charge in [0, 0.05) is 11.1 Å². The molecular weight excluding hydrogens is 292 g/mol. The van der Waals surface area contributed by atoms with Crippen LogP contribution in [0.25, 0.3) is 0 Å². The van der Waals surface area contributed by atoms with E-state index in [1.54, 1.807) is 0 Å². The molecule has 134 valence electrons. The number of esters is 2. The summed E-state index contributed by atoms with van der Waals surface area (Å²) < 4.78 is 10.6. The highest BCUT2D eigenvalue weighted by molar-refractivity contribution is 6.00. The molecule has 0 N–H and O–H groups in total. The first-order chi connectivity index (χ1) is 10.8. The predicted molar refractivity (Wildman–Crippen MR) is 93.1 cm³/mol. The highest BCUT2D eigenvalue weighted by Crippen LogP contribution is 2.28. The van der Waals surface area contributed by atoms with Gasteiger partial charge in [0.2, 0.25) is 0 Å². The Hall–Kier alpha value is -1.32. The average molecular weight is 326 g/mol. The van der Waals surface area contributed by atoms with Crippen molar-refractivity contribution in [2.45, 2.75) is 80.1 Å². The largest absolute Gasteiger partial charge is 0.462 e.